The molecule has 14 heteroatoms. The van der Waals surface area contributed by atoms with E-state index < -0.39 is 65.7 Å². The van der Waals surface area contributed by atoms with Gasteiger partial charge >= 0.3 is 0 Å². The largest absolute Gasteiger partial charge is 0.477 e. The highest BCUT2D eigenvalue weighted by Crippen LogP contribution is 2.33. The molecule has 0 unspecified atom stereocenters. The van der Waals surface area contributed by atoms with Crippen molar-refractivity contribution < 1.29 is 42.7 Å². The highest BCUT2D eigenvalue weighted by molar-refractivity contribution is 9.10. The summed E-state index contributed by atoms with van der Waals surface area (Å²) in [6.07, 6.45) is -0.703. The lowest BCUT2D eigenvalue weighted by Crippen LogP contribution is -2.24. The molecule has 1 amide bonds. The molecule has 1 aliphatic rings. The van der Waals surface area contributed by atoms with Crippen molar-refractivity contribution in [2.24, 2.45) is 0 Å². The van der Waals surface area contributed by atoms with Gasteiger partial charge in [-0.05, 0) is 49.3 Å². The van der Waals surface area contributed by atoms with E-state index in [1.807, 2.05) is 0 Å². The van der Waals surface area contributed by atoms with Gasteiger partial charge in [-0.25, -0.2) is 31.6 Å². The molecule has 1 aliphatic heterocycles. The summed E-state index contributed by atoms with van der Waals surface area (Å²) in [6, 6.07) is 9.47. The van der Waals surface area contributed by atoms with Crippen LogP contribution in [0.1, 0.15) is 47.2 Å². The van der Waals surface area contributed by atoms with Crippen LogP contribution in [-0.2, 0) is 27.7 Å². The predicted octanol–water partition coefficient (Wildman–Crippen LogP) is 5.36. The second-order valence-corrected chi connectivity index (χ2v) is 12.0. The lowest BCUT2D eigenvalue weighted by atomic mass is 10.1. The van der Waals surface area contributed by atoms with Gasteiger partial charge in [-0.2, -0.15) is 0 Å². The molecule has 42 heavy (non-hydrogen) atoms. The van der Waals surface area contributed by atoms with Crippen molar-refractivity contribution >= 4 is 42.6 Å². The van der Waals surface area contributed by atoms with Gasteiger partial charge < -0.3 is 14.8 Å². The van der Waals surface area contributed by atoms with Crippen LogP contribution in [0.4, 0.5) is 13.2 Å². The number of rotatable bonds is 8. The number of carbonyl (C=O) groups excluding carboxylic acids is 1. The third-order valence-electron chi connectivity index (χ3n) is 6.38. The molecule has 0 saturated heterocycles. The zero-order chi connectivity index (χ0) is 34.3. The van der Waals surface area contributed by atoms with Crippen molar-refractivity contribution in [1.82, 2.24) is 20.3 Å². The number of halogens is 4. The molecule has 4 aromatic rings. The van der Waals surface area contributed by atoms with Crippen LogP contribution in [0.2, 0.25) is 0 Å². The number of pyridine rings is 3. The van der Waals surface area contributed by atoms with Crippen molar-refractivity contribution in [3.05, 3.63) is 75.6 Å². The summed E-state index contributed by atoms with van der Waals surface area (Å²) < 4.78 is 115. The van der Waals surface area contributed by atoms with E-state index in [9.17, 15) is 26.4 Å². The second-order valence-electron chi connectivity index (χ2n) is 9.07. The number of sulfone groups is 1. The Hall–Kier alpha value is -3.62. The van der Waals surface area contributed by atoms with E-state index >= 15 is 0 Å². The van der Waals surface area contributed by atoms with Gasteiger partial charge in [-0.15, -0.1) is 0 Å². The third-order valence-corrected chi connectivity index (χ3v) is 8.87. The molecule has 0 bridgehead atoms. The molecular weight excluding hydrogens is 641 g/mol. The first kappa shape index (κ1) is 23.9. The number of benzene rings is 1. The Labute approximate surface area is 254 Å². The predicted molar refractivity (Wildman–Crippen MR) is 151 cm³/mol. The average molecular weight is 671 g/mol. The molecule has 2 atom stereocenters. The summed E-state index contributed by atoms with van der Waals surface area (Å²) in [5.74, 6) is -1.29. The van der Waals surface area contributed by atoms with E-state index in [2.05, 4.69) is 36.2 Å². The van der Waals surface area contributed by atoms with Crippen LogP contribution in [0, 0.1) is 0 Å². The van der Waals surface area contributed by atoms with Crippen LogP contribution < -0.4 is 10.1 Å². The van der Waals surface area contributed by atoms with Crippen LogP contribution in [-0.4, -0.2) is 54.6 Å². The quantitative estimate of drug-likeness (QED) is 0.266. The summed E-state index contributed by atoms with van der Waals surface area (Å²) in [5, 5.41) is 3.16. The van der Waals surface area contributed by atoms with Gasteiger partial charge in [0.05, 0.1) is 62.1 Å². The number of hydrogen-bond donors (Lipinski definition) is 1. The van der Waals surface area contributed by atoms with Crippen molar-refractivity contribution in [2.75, 3.05) is 19.8 Å². The molecule has 1 N–H and O–H groups in total. The number of aromatic nitrogens is 3. The van der Waals surface area contributed by atoms with Gasteiger partial charge in [0.25, 0.3) is 5.91 Å². The Morgan fingerprint density at radius 2 is 2.12 bits per heavy atom. The summed E-state index contributed by atoms with van der Waals surface area (Å²) >= 11 is 3.24. The standard InChI is InChI=1S/C28H24BrF3N4O5S/c1-2-41-28-18(4-6-23(36-28)21(31)10-30)22-5-3-15-11-33-17(9-24(15)35-22)12-34-27(37)16-7-20(29)19-13-40-14-26(32)42(38,39)25(19)8-16/h3-9,11,21,26H,2,10,12-14H2,1H3,(H,34,37)/t21-,26+/m0/s1/i1D3,2D2. The summed E-state index contributed by atoms with van der Waals surface area (Å²) in [6.45, 7) is -8.85. The van der Waals surface area contributed by atoms with Crippen LogP contribution in [0.3, 0.4) is 0 Å². The molecule has 0 aliphatic carbocycles. The van der Waals surface area contributed by atoms with Crippen molar-refractivity contribution in [1.29, 1.82) is 0 Å². The highest BCUT2D eigenvalue weighted by atomic mass is 79.9. The number of carbonyl (C=O) groups is 1. The van der Waals surface area contributed by atoms with Gasteiger partial charge in [0, 0.05) is 31.3 Å². The fourth-order valence-electron chi connectivity index (χ4n) is 4.22. The van der Waals surface area contributed by atoms with Crippen LogP contribution in [0.25, 0.3) is 22.2 Å². The summed E-state index contributed by atoms with van der Waals surface area (Å²) in [4.78, 5) is 25.3. The molecule has 0 spiro atoms. The fourth-order valence-corrected chi connectivity index (χ4v) is 6.28. The second kappa shape index (κ2) is 12.3. The molecule has 9 nitrogen and oxygen atoms in total. The molecule has 1 aromatic carbocycles. The van der Waals surface area contributed by atoms with E-state index in [1.165, 1.54) is 30.5 Å². The number of fused-ring (bicyclic) bond motifs is 2. The minimum absolute atomic E-state index is 0.00819. The first-order chi connectivity index (χ1) is 22.0. The molecule has 0 fully saturated rings. The Bertz CT molecular complexity index is 1970. The molecule has 0 saturated carbocycles. The smallest absolute Gasteiger partial charge is 0.251 e. The Balaban J connectivity index is 1.43. The molecule has 220 valence electrons. The third kappa shape index (κ3) is 5.96. The van der Waals surface area contributed by atoms with E-state index in [-0.39, 0.29) is 44.9 Å². The molecular formula is C28H24BrF3N4O5S. The number of alkyl halides is 3. The van der Waals surface area contributed by atoms with Crippen LogP contribution in [0.5, 0.6) is 5.88 Å². The maximum absolute atomic E-state index is 14.3. The molecule has 4 heterocycles. The fraction of sp³-hybridized carbons (Fsp3) is 0.286. The Morgan fingerprint density at radius 3 is 2.90 bits per heavy atom. The molecule has 0 radical (unpaired) electrons. The lowest BCUT2D eigenvalue weighted by molar-refractivity contribution is 0.0946. The normalized spacial score (nSPS) is 19.2. The Morgan fingerprint density at radius 1 is 1.29 bits per heavy atom. The molecule has 3 aromatic heterocycles. The SMILES string of the molecule is [2H]C([2H])([2H])C([2H])([2H])Oc1nc([C@@H](F)CF)ccc1-c1ccc2cnc(CNC(=O)c3cc(Br)c4c(c3)S(=O)(=O)[C@@H](F)COC4)cc2n1. The monoisotopic (exact) mass is 669 g/mol. The zero-order valence-corrected chi connectivity index (χ0v) is 23.8. The van der Waals surface area contributed by atoms with Gasteiger partial charge in [-0.3, -0.25) is 9.78 Å². The number of nitrogens with zero attached hydrogens (tertiary/aromatic N) is 3. The maximum Gasteiger partial charge on any atom is 0.251 e. The van der Waals surface area contributed by atoms with E-state index in [1.54, 1.807) is 6.07 Å². The number of ether oxygens (including phenoxy) is 2. The van der Waals surface area contributed by atoms with Gasteiger partial charge in [0.2, 0.25) is 21.2 Å². The lowest BCUT2D eigenvalue weighted by Gasteiger charge is -2.13. The van der Waals surface area contributed by atoms with E-state index in [0.717, 1.165) is 12.1 Å². The number of amides is 1. The maximum atomic E-state index is 14.3. The van der Waals surface area contributed by atoms with Crippen molar-refractivity contribution in [3.8, 4) is 17.1 Å². The van der Waals surface area contributed by atoms with Gasteiger partial charge in [-0.1, -0.05) is 15.9 Å². The highest BCUT2D eigenvalue weighted by Gasteiger charge is 2.34. The topological polar surface area (TPSA) is 120 Å². The minimum Gasteiger partial charge on any atom is -0.477 e. The minimum atomic E-state index is -4.40. The van der Waals surface area contributed by atoms with Crippen molar-refractivity contribution in [3.63, 3.8) is 0 Å². The van der Waals surface area contributed by atoms with Gasteiger partial charge in [0.1, 0.15) is 6.67 Å². The van der Waals surface area contributed by atoms with E-state index in [0.29, 0.717) is 16.6 Å². The Kier molecular flexibility index (Phi) is 7.00. The summed E-state index contributed by atoms with van der Waals surface area (Å²) in [7, 11) is -4.40. The first-order valence-electron chi connectivity index (χ1n) is 14.7. The first-order valence-corrected chi connectivity index (χ1v) is 14.6. The zero-order valence-electron chi connectivity index (χ0n) is 26.4. The average Bonchev–Trinajstić information content (AvgIpc) is 3.13. The molecule has 5 rings (SSSR count). The van der Waals surface area contributed by atoms with Crippen LogP contribution in [0.15, 0.2) is 58.0 Å². The van der Waals surface area contributed by atoms with Crippen molar-refractivity contribution in [2.45, 2.75) is 36.6 Å². The van der Waals surface area contributed by atoms with Gasteiger partial charge in [0.15, 0.2) is 6.17 Å². The summed E-state index contributed by atoms with van der Waals surface area (Å²) in [5.41, 5.74) is -1.83. The number of hydrogen-bond acceptors (Lipinski definition) is 8. The van der Waals surface area contributed by atoms with Crippen LogP contribution >= 0.6 is 15.9 Å². The number of nitrogens with one attached hydrogen (secondary N) is 1. The van der Waals surface area contributed by atoms with E-state index in [4.69, 9.17) is 16.3 Å².